The maximum absolute atomic E-state index is 12.3. The molecule has 122 valence electrons. The van der Waals surface area contributed by atoms with Crippen LogP contribution in [0.5, 0.6) is 0 Å². The van der Waals surface area contributed by atoms with E-state index in [1.165, 1.54) is 18.3 Å². The molecule has 2 aromatic rings. The number of hydrogen-bond acceptors (Lipinski definition) is 4. The minimum Gasteiger partial charge on any atom is -0.350 e. The molecule has 0 fully saturated rings. The predicted octanol–water partition coefficient (Wildman–Crippen LogP) is 2.59. The fourth-order valence-electron chi connectivity index (χ4n) is 1.95. The fourth-order valence-corrected chi connectivity index (χ4v) is 1.95. The molecule has 0 spiro atoms. The summed E-state index contributed by atoms with van der Waals surface area (Å²) in [5.41, 5.74) is 1.48. The van der Waals surface area contributed by atoms with Crippen molar-refractivity contribution < 1.29 is 9.59 Å². The molecule has 0 aliphatic heterocycles. The molecule has 0 saturated carbocycles. The van der Waals surface area contributed by atoms with Crippen LogP contribution < -0.4 is 10.6 Å². The van der Waals surface area contributed by atoms with E-state index < -0.39 is 0 Å². The molecular formula is C18H18N4O2. The number of amides is 2. The third-order valence-corrected chi connectivity index (χ3v) is 3.18. The molecule has 1 aromatic carbocycles. The Morgan fingerprint density at radius 2 is 2.00 bits per heavy atom. The molecule has 0 radical (unpaired) electrons. The maximum atomic E-state index is 12.3. The van der Waals surface area contributed by atoms with Crippen LogP contribution in [-0.2, 0) is 0 Å². The maximum Gasteiger partial charge on any atom is 0.269 e. The third-order valence-electron chi connectivity index (χ3n) is 3.18. The zero-order valence-electron chi connectivity index (χ0n) is 13.5. The minimum atomic E-state index is -0.370. The van der Waals surface area contributed by atoms with Gasteiger partial charge in [-0.15, -0.1) is 0 Å². The molecule has 0 unspecified atom stereocenters. The normalized spacial score (nSPS) is 10.1. The Balaban J connectivity index is 2.11. The smallest absolute Gasteiger partial charge is 0.269 e. The molecule has 2 amide bonds. The van der Waals surface area contributed by atoms with Crippen LogP contribution in [0.25, 0.3) is 0 Å². The fraction of sp³-hybridized carbons (Fsp3) is 0.222. The Morgan fingerprint density at radius 1 is 1.21 bits per heavy atom. The van der Waals surface area contributed by atoms with E-state index in [0.717, 1.165) is 0 Å². The van der Waals surface area contributed by atoms with Gasteiger partial charge in [0, 0.05) is 24.0 Å². The average Bonchev–Trinajstić information content (AvgIpc) is 2.59. The third kappa shape index (κ3) is 4.65. The van der Waals surface area contributed by atoms with E-state index >= 15 is 0 Å². The second-order valence-electron chi connectivity index (χ2n) is 5.68. The number of aromatic nitrogens is 1. The highest BCUT2D eigenvalue weighted by Gasteiger charge is 2.12. The largest absolute Gasteiger partial charge is 0.350 e. The van der Waals surface area contributed by atoms with Crippen LogP contribution in [0.3, 0.4) is 0 Å². The lowest BCUT2D eigenvalue weighted by molar-refractivity contribution is 0.0944. The molecule has 2 N–H and O–H groups in total. The van der Waals surface area contributed by atoms with Gasteiger partial charge in [-0.3, -0.25) is 14.6 Å². The van der Waals surface area contributed by atoms with Crippen molar-refractivity contribution in [2.24, 2.45) is 5.92 Å². The topological polar surface area (TPSA) is 94.9 Å². The van der Waals surface area contributed by atoms with Gasteiger partial charge in [0.15, 0.2) is 0 Å². The van der Waals surface area contributed by atoms with Gasteiger partial charge in [0.2, 0.25) is 0 Å². The van der Waals surface area contributed by atoms with E-state index in [1.807, 2.05) is 19.9 Å². The molecule has 0 saturated heterocycles. The van der Waals surface area contributed by atoms with Crippen molar-refractivity contribution in [1.29, 1.82) is 5.26 Å². The second kappa shape index (κ2) is 7.88. The van der Waals surface area contributed by atoms with Gasteiger partial charge in [0.25, 0.3) is 11.8 Å². The van der Waals surface area contributed by atoms with Crippen molar-refractivity contribution in [3.05, 3.63) is 59.4 Å². The summed E-state index contributed by atoms with van der Waals surface area (Å²) in [5, 5.41) is 14.3. The Hall–Kier alpha value is -3.20. The number of anilines is 1. The van der Waals surface area contributed by atoms with Gasteiger partial charge < -0.3 is 10.6 Å². The van der Waals surface area contributed by atoms with Crippen LogP contribution in [0.4, 0.5) is 5.69 Å². The highest BCUT2D eigenvalue weighted by atomic mass is 16.2. The number of hydrogen-bond donors (Lipinski definition) is 2. The quantitative estimate of drug-likeness (QED) is 0.884. The van der Waals surface area contributed by atoms with Crippen molar-refractivity contribution in [2.75, 3.05) is 11.9 Å². The standard InChI is InChI=1S/C18H18N4O2/c1-12(2)11-21-18(24)16-9-14(6-7-20-16)17(23)22-15-5-3-4-13(8-15)10-19/h3-9,12H,11H2,1-2H3,(H,21,24)(H,22,23). The number of pyridine rings is 1. The molecule has 0 aliphatic rings. The number of carbonyl (C=O) groups is 2. The summed E-state index contributed by atoms with van der Waals surface area (Å²) in [6.45, 7) is 4.53. The molecule has 1 heterocycles. The van der Waals surface area contributed by atoms with Crippen molar-refractivity contribution in [3.8, 4) is 6.07 Å². The van der Waals surface area contributed by atoms with Gasteiger partial charge in [-0.1, -0.05) is 19.9 Å². The van der Waals surface area contributed by atoms with Crippen molar-refractivity contribution >= 4 is 17.5 Å². The zero-order chi connectivity index (χ0) is 17.5. The van der Waals surface area contributed by atoms with Crippen LogP contribution in [0.1, 0.15) is 40.3 Å². The van der Waals surface area contributed by atoms with E-state index in [0.29, 0.717) is 29.3 Å². The summed E-state index contributed by atoms with van der Waals surface area (Å²) in [6.07, 6.45) is 1.42. The number of carbonyl (C=O) groups excluding carboxylic acids is 2. The molecule has 0 atom stereocenters. The van der Waals surface area contributed by atoms with Crippen LogP contribution in [0.2, 0.25) is 0 Å². The molecule has 0 aliphatic carbocycles. The van der Waals surface area contributed by atoms with E-state index in [9.17, 15) is 9.59 Å². The summed E-state index contributed by atoms with van der Waals surface area (Å²) >= 11 is 0. The molecule has 6 nitrogen and oxygen atoms in total. The molecular weight excluding hydrogens is 304 g/mol. The van der Waals surface area contributed by atoms with Gasteiger partial charge in [-0.05, 0) is 36.2 Å². The zero-order valence-corrected chi connectivity index (χ0v) is 13.5. The molecule has 0 bridgehead atoms. The first kappa shape index (κ1) is 17.2. The Labute approximate surface area is 140 Å². The monoisotopic (exact) mass is 322 g/mol. The Morgan fingerprint density at radius 3 is 2.71 bits per heavy atom. The summed E-state index contributed by atoms with van der Waals surface area (Å²) in [7, 11) is 0. The lowest BCUT2D eigenvalue weighted by atomic mass is 10.1. The van der Waals surface area contributed by atoms with Gasteiger partial charge >= 0.3 is 0 Å². The Kier molecular flexibility index (Phi) is 5.63. The number of nitrogens with one attached hydrogen (secondary N) is 2. The first-order valence-electron chi connectivity index (χ1n) is 7.55. The van der Waals surface area contributed by atoms with Gasteiger partial charge in [-0.25, -0.2) is 0 Å². The molecule has 2 rings (SSSR count). The number of rotatable bonds is 5. The predicted molar refractivity (Wildman–Crippen MR) is 90.5 cm³/mol. The summed E-state index contributed by atoms with van der Waals surface area (Å²) in [5.74, 6) is -0.358. The van der Waals surface area contributed by atoms with Crippen LogP contribution >= 0.6 is 0 Å². The second-order valence-corrected chi connectivity index (χ2v) is 5.68. The Bertz CT molecular complexity index is 794. The highest BCUT2D eigenvalue weighted by molar-refractivity contribution is 6.05. The summed E-state index contributed by atoms with van der Waals surface area (Å²) < 4.78 is 0. The van der Waals surface area contributed by atoms with Crippen LogP contribution in [0.15, 0.2) is 42.6 Å². The van der Waals surface area contributed by atoms with E-state index in [-0.39, 0.29) is 17.5 Å². The number of nitriles is 1. The van der Waals surface area contributed by atoms with Crippen LogP contribution in [0, 0.1) is 17.2 Å². The SMILES string of the molecule is CC(C)CNC(=O)c1cc(C(=O)Nc2cccc(C#N)c2)ccn1. The number of benzene rings is 1. The summed E-state index contributed by atoms with van der Waals surface area (Å²) in [6, 6.07) is 11.6. The van der Waals surface area contributed by atoms with Crippen LogP contribution in [-0.4, -0.2) is 23.3 Å². The first-order valence-corrected chi connectivity index (χ1v) is 7.55. The lowest BCUT2D eigenvalue weighted by Crippen LogP contribution is -2.28. The average molecular weight is 322 g/mol. The van der Waals surface area contributed by atoms with Crippen molar-refractivity contribution in [2.45, 2.75) is 13.8 Å². The van der Waals surface area contributed by atoms with E-state index in [2.05, 4.69) is 15.6 Å². The lowest BCUT2D eigenvalue weighted by Gasteiger charge is -2.09. The molecule has 1 aromatic heterocycles. The van der Waals surface area contributed by atoms with Crippen molar-refractivity contribution in [1.82, 2.24) is 10.3 Å². The van der Waals surface area contributed by atoms with Gasteiger partial charge in [0.05, 0.1) is 11.6 Å². The summed E-state index contributed by atoms with van der Waals surface area (Å²) in [4.78, 5) is 28.3. The van der Waals surface area contributed by atoms with Gasteiger partial charge in [0.1, 0.15) is 5.69 Å². The first-order chi connectivity index (χ1) is 11.5. The van der Waals surface area contributed by atoms with E-state index in [1.54, 1.807) is 24.3 Å². The number of nitrogens with zero attached hydrogens (tertiary/aromatic N) is 2. The van der Waals surface area contributed by atoms with Gasteiger partial charge in [-0.2, -0.15) is 5.26 Å². The van der Waals surface area contributed by atoms with E-state index in [4.69, 9.17) is 5.26 Å². The minimum absolute atomic E-state index is 0.189. The highest BCUT2D eigenvalue weighted by Crippen LogP contribution is 2.12. The van der Waals surface area contributed by atoms with Crippen molar-refractivity contribution in [3.63, 3.8) is 0 Å². The molecule has 6 heteroatoms. The molecule has 24 heavy (non-hydrogen) atoms.